The van der Waals surface area contributed by atoms with Crippen molar-refractivity contribution in [2.75, 3.05) is 5.32 Å². The van der Waals surface area contributed by atoms with E-state index in [2.05, 4.69) is 10.3 Å². The Bertz CT molecular complexity index is 833. The highest BCUT2D eigenvalue weighted by atomic mass is 16.2. The minimum atomic E-state index is -0.139. The zero-order valence-corrected chi connectivity index (χ0v) is 12.3. The first kappa shape index (κ1) is 13.4. The monoisotopic (exact) mass is 279 g/mol. The quantitative estimate of drug-likeness (QED) is 0.780. The maximum absolute atomic E-state index is 12.6. The Morgan fingerprint density at radius 2 is 1.90 bits per heavy atom. The lowest BCUT2D eigenvalue weighted by atomic mass is 10.1. The Kier molecular flexibility index (Phi) is 3.22. The van der Waals surface area contributed by atoms with Crippen LogP contribution >= 0.6 is 0 Å². The molecule has 0 saturated carbocycles. The number of anilines is 1. The van der Waals surface area contributed by atoms with Gasteiger partial charge in [0.2, 0.25) is 0 Å². The Balaban J connectivity index is 2.01. The van der Waals surface area contributed by atoms with Gasteiger partial charge in [-0.3, -0.25) is 9.20 Å². The van der Waals surface area contributed by atoms with Crippen molar-refractivity contribution in [3.8, 4) is 0 Å². The van der Waals surface area contributed by atoms with E-state index in [0.29, 0.717) is 5.69 Å². The summed E-state index contributed by atoms with van der Waals surface area (Å²) in [6.07, 6.45) is 1.85. The molecule has 3 rings (SSSR count). The van der Waals surface area contributed by atoms with Gasteiger partial charge in [-0.15, -0.1) is 0 Å². The minimum Gasteiger partial charge on any atom is -0.320 e. The van der Waals surface area contributed by atoms with Gasteiger partial charge in [0.1, 0.15) is 11.3 Å². The number of hydrogen-bond donors (Lipinski definition) is 1. The summed E-state index contributed by atoms with van der Waals surface area (Å²) in [5.41, 5.74) is 5.15. The van der Waals surface area contributed by atoms with Crippen LogP contribution in [0.1, 0.15) is 27.3 Å². The van der Waals surface area contributed by atoms with Crippen molar-refractivity contribution in [3.63, 3.8) is 0 Å². The van der Waals surface area contributed by atoms with E-state index in [1.807, 2.05) is 67.8 Å². The molecule has 0 radical (unpaired) electrons. The Hall–Kier alpha value is -2.62. The van der Waals surface area contributed by atoms with Gasteiger partial charge in [0, 0.05) is 11.9 Å². The third-order valence-corrected chi connectivity index (χ3v) is 3.77. The highest BCUT2D eigenvalue weighted by molar-refractivity contribution is 6.04. The molecule has 1 amide bonds. The lowest BCUT2D eigenvalue weighted by Gasteiger charge is -2.10. The first-order chi connectivity index (χ1) is 10.1. The van der Waals surface area contributed by atoms with Crippen LogP contribution in [0, 0.1) is 20.8 Å². The topological polar surface area (TPSA) is 46.4 Å². The van der Waals surface area contributed by atoms with Crippen LogP contribution in [0.25, 0.3) is 5.65 Å². The molecular formula is C17H17N3O. The van der Waals surface area contributed by atoms with Gasteiger partial charge >= 0.3 is 0 Å². The molecule has 4 heteroatoms. The molecule has 0 aliphatic heterocycles. The average Bonchev–Trinajstić information content (AvgIpc) is 2.79. The second-order valence-electron chi connectivity index (χ2n) is 5.18. The second kappa shape index (κ2) is 5.05. The van der Waals surface area contributed by atoms with E-state index in [0.717, 1.165) is 28.2 Å². The predicted octanol–water partition coefficient (Wildman–Crippen LogP) is 3.51. The van der Waals surface area contributed by atoms with Crippen LogP contribution in [0.3, 0.4) is 0 Å². The van der Waals surface area contributed by atoms with Crippen LogP contribution < -0.4 is 5.32 Å². The third-order valence-electron chi connectivity index (χ3n) is 3.77. The first-order valence-corrected chi connectivity index (χ1v) is 6.89. The van der Waals surface area contributed by atoms with Crippen LogP contribution in [-0.2, 0) is 0 Å². The Morgan fingerprint density at radius 1 is 1.10 bits per heavy atom. The molecule has 21 heavy (non-hydrogen) atoms. The fourth-order valence-electron chi connectivity index (χ4n) is 2.46. The molecule has 1 aromatic carbocycles. The normalized spacial score (nSPS) is 10.8. The number of fused-ring (bicyclic) bond motifs is 1. The first-order valence-electron chi connectivity index (χ1n) is 6.89. The minimum absolute atomic E-state index is 0.139. The van der Waals surface area contributed by atoms with Gasteiger partial charge in [-0.05, 0) is 50.1 Å². The molecule has 106 valence electrons. The molecule has 2 heterocycles. The lowest BCUT2D eigenvalue weighted by Crippen LogP contribution is -2.16. The van der Waals surface area contributed by atoms with E-state index < -0.39 is 0 Å². The largest absolute Gasteiger partial charge is 0.320 e. The molecule has 0 aliphatic carbocycles. The summed E-state index contributed by atoms with van der Waals surface area (Å²) >= 11 is 0. The number of nitrogens with one attached hydrogen (secondary N) is 1. The van der Waals surface area contributed by atoms with Gasteiger partial charge in [-0.25, -0.2) is 4.98 Å². The number of benzene rings is 1. The van der Waals surface area contributed by atoms with E-state index in [1.54, 1.807) is 0 Å². The summed E-state index contributed by atoms with van der Waals surface area (Å²) in [6, 6.07) is 11.6. The van der Waals surface area contributed by atoms with Gasteiger partial charge in [0.05, 0.1) is 5.69 Å². The molecule has 0 aliphatic rings. The number of aryl methyl sites for hydroxylation is 2. The summed E-state index contributed by atoms with van der Waals surface area (Å²) in [5, 5.41) is 2.99. The number of amides is 1. The number of carbonyl (C=O) groups excluding carboxylic acids is 1. The van der Waals surface area contributed by atoms with E-state index in [-0.39, 0.29) is 5.91 Å². The second-order valence-corrected chi connectivity index (χ2v) is 5.18. The summed E-state index contributed by atoms with van der Waals surface area (Å²) in [5.74, 6) is -0.139. The van der Waals surface area contributed by atoms with Crippen LogP contribution in [0.5, 0.6) is 0 Å². The smallest absolute Gasteiger partial charge is 0.274 e. The molecular weight excluding hydrogens is 262 g/mol. The highest BCUT2D eigenvalue weighted by Gasteiger charge is 2.17. The number of aromatic nitrogens is 2. The fraction of sp³-hybridized carbons (Fsp3) is 0.176. The summed E-state index contributed by atoms with van der Waals surface area (Å²) in [4.78, 5) is 17.0. The van der Waals surface area contributed by atoms with Crippen LogP contribution in [0.2, 0.25) is 0 Å². The SMILES string of the molecule is Cc1cccc(NC(=O)c2c(C)nc3ccccn23)c1C. The predicted molar refractivity (Wildman–Crippen MR) is 83.8 cm³/mol. The standard InChI is InChI=1S/C17H17N3O/c1-11-7-6-8-14(12(11)2)19-17(21)16-13(3)18-15-9-4-5-10-20(15)16/h4-10H,1-3H3,(H,19,21). The van der Waals surface area contributed by atoms with Crippen molar-refractivity contribution < 1.29 is 4.79 Å². The van der Waals surface area contributed by atoms with Gasteiger partial charge < -0.3 is 5.32 Å². The zero-order valence-electron chi connectivity index (χ0n) is 12.3. The molecule has 0 fully saturated rings. The van der Waals surface area contributed by atoms with Gasteiger partial charge in [-0.2, -0.15) is 0 Å². The van der Waals surface area contributed by atoms with Crippen LogP contribution in [-0.4, -0.2) is 15.3 Å². The zero-order chi connectivity index (χ0) is 15.0. The maximum atomic E-state index is 12.6. The van der Waals surface area contributed by atoms with Crippen molar-refractivity contribution >= 4 is 17.2 Å². The number of nitrogens with zero attached hydrogens (tertiary/aromatic N) is 2. The fourth-order valence-corrected chi connectivity index (χ4v) is 2.46. The van der Waals surface area contributed by atoms with E-state index in [4.69, 9.17) is 0 Å². The van der Waals surface area contributed by atoms with Crippen molar-refractivity contribution in [2.24, 2.45) is 0 Å². The number of pyridine rings is 1. The lowest BCUT2D eigenvalue weighted by molar-refractivity contribution is 0.102. The molecule has 0 saturated heterocycles. The molecule has 0 unspecified atom stereocenters. The average molecular weight is 279 g/mol. The molecule has 2 aromatic heterocycles. The van der Waals surface area contributed by atoms with E-state index in [9.17, 15) is 4.79 Å². The van der Waals surface area contributed by atoms with Crippen molar-refractivity contribution in [1.29, 1.82) is 0 Å². The third kappa shape index (κ3) is 2.29. The molecule has 0 atom stereocenters. The number of carbonyl (C=O) groups is 1. The van der Waals surface area contributed by atoms with Crippen LogP contribution in [0.4, 0.5) is 5.69 Å². The Morgan fingerprint density at radius 3 is 2.71 bits per heavy atom. The summed E-state index contributed by atoms with van der Waals surface area (Å²) in [6.45, 7) is 5.89. The molecule has 0 spiro atoms. The molecule has 1 N–H and O–H groups in total. The highest BCUT2D eigenvalue weighted by Crippen LogP contribution is 2.20. The number of hydrogen-bond acceptors (Lipinski definition) is 2. The van der Waals surface area contributed by atoms with E-state index >= 15 is 0 Å². The van der Waals surface area contributed by atoms with Crippen molar-refractivity contribution in [3.05, 3.63) is 65.1 Å². The molecule has 0 bridgehead atoms. The maximum Gasteiger partial charge on any atom is 0.274 e. The van der Waals surface area contributed by atoms with Gasteiger partial charge in [0.25, 0.3) is 5.91 Å². The van der Waals surface area contributed by atoms with Crippen LogP contribution in [0.15, 0.2) is 42.6 Å². The summed E-state index contributed by atoms with van der Waals surface area (Å²) < 4.78 is 1.82. The van der Waals surface area contributed by atoms with Crippen molar-refractivity contribution in [2.45, 2.75) is 20.8 Å². The van der Waals surface area contributed by atoms with Gasteiger partial charge in [-0.1, -0.05) is 18.2 Å². The Labute approximate surface area is 123 Å². The van der Waals surface area contributed by atoms with Gasteiger partial charge in [0.15, 0.2) is 0 Å². The number of imidazole rings is 1. The number of rotatable bonds is 2. The molecule has 4 nitrogen and oxygen atoms in total. The van der Waals surface area contributed by atoms with E-state index in [1.165, 1.54) is 0 Å². The molecule has 3 aromatic rings. The summed E-state index contributed by atoms with van der Waals surface area (Å²) in [7, 11) is 0. The van der Waals surface area contributed by atoms with Crippen molar-refractivity contribution in [1.82, 2.24) is 9.38 Å².